The molecular formula is C7H12O7S. The lowest BCUT2D eigenvalue weighted by molar-refractivity contribution is 0.106. The second kappa shape index (κ2) is 7.04. The molecule has 1 aromatic carbocycles. The second-order valence-electron chi connectivity index (χ2n) is 2.13. The zero-order valence-electron chi connectivity index (χ0n) is 7.47. The van der Waals surface area contributed by atoms with Crippen LogP contribution in [-0.4, -0.2) is 34.5 Å². The monoisotopic (exact) mass is 240 g/mol. The first kappa shape index (κ1) is 19.3. The highest BCUT2D eigenvalue weighted by atomic mass is 32.2. The van der Waals surface area contributed by atoms with Gasteiger partial charge in [0.25, 0.3) is 0 Å². The lowest BCUT2D eigenvalue weighted by Crippen LogP contribution is -2.12. The molecule has 0 aliphatic rings. The number of hydrogen-bond acceptors (Lipinski definition) is 3. The number of benzene rings is 1. The Morgan fingerprint density at radius 2 is 1.40 bits per heavy atom. The highest BCUT2D eigenvalue weighted by Gasteiger charge is 2.19. The van der Waals surface area contributed by atoms with Crippen LogP contribution in [-0.2, 0) is 10.1 Å². The van der Waals surface area contributed by atoms with Crippen LogP contribution >= 0.6 is 0 Å². The predicted octanol–water partition coefficient (Wildman–Crippen LogP) is -1.76. The molecule has 88 valence electrons. The van der Waals surface area contributed by atoms with Gasteiger partial charge in [-0.2, -0.15) is 8.42 Å². The van der Waals surface area contributed by atoms with Crippen molar-refractivity contribution >= 4 is 15.2 Å². The first-order valence-electron chi connectivity index (χ1n) is 3.08. The van der Waals surface area contributed by atoms with E-state index in [2.05, 4.69) is 0 Å². The molecule has 0 atom stereocenters. The molecule has 0 radical (unpaired) electrons. The molecule has 0 fully saturated rings. The van der Waals surface area contributed by atoms with Gasteiger partial charge in [0.1, 0.15) is 0 Å². The number of carbonyl (C=O) groups excluding carboxylic acids is 1. The highest BCUT2D eigenvalue weighted by Crippen LogP contribution is 2.03. The van der Waals surface area contributed by atoms with E-state index in [1.807, 2.05) is 0 Å². The summed E-state index contributed by atoms with van der Waals surface area (Å²) in [6, 6.07) is 7.30. The van der Waals surface area contributed by atoms with Gasteiger partial charge in [-0.15, -0.1) is 0 Å². The Bertz CT molecular complexity index is 383. The maximum absolute atomic E-state index is 10.8. The zero-order valence-corrected chi connectivity index (χ0v) is 8.28. The van der Waals surface area contributed by atoms with Gasteiger partial charge in [0.05, 0.1) is 0 Å². The van der Waals surface area contributed by atoms with Crippen molar-refractivity contribution < 1.29 is 34.2 Å². The van der Waals surface area contributed by atoms with Gasteiger partial charge in [-0.05, 0) is 0 Å². The van der Waals surface area contributed by atoms with E-state index < -0.39 is 15.2 Å². The standard InChI is InChI=1S/C7H6O4S.3H2O/c8-7(12(9,10)11)6-4-2-1-3-5-6;;;/h1-5H,(H,9,10,11);3*1H2. The minimum atomic E-state index is -4.59. The van der Waals surface area contributed by atoms with Crippen molar-refractivity contribution in [1.29, 1.82) is 0 Å². The highest BCUT2D eigenvalue weighted by molar-refractivity contribution is 8.01. The topological polar surface area (TPSA) is 166 Å². The zero-order chi connectivity index (χ0) is 9.19. The molecule has 15 heavy (non-hydrogen) atoms. The number of rotatable bonds is 1. The van der Waals surface area contributed by atoms with Crippen LogP contribution in [0.5, 0.6) is 0 Å². The van der Waals surface area contributed by atoms with Crippen molar-refractivity contribution in [3.63, 3.8) is 0 Å². The van der Waals surface area contributed by atoms with Gasteiger partial charge in [0.2, 0.25) is 0 Å². The first-order valence-corrected chi connectivity index (χ1v) is 4.52. The SMILES string of the molecule is O.O.O.O=C(c1ccccc1)S(=O)(=O)O. The van der Waals surface area contributed by atoms with Gasteiger partial charge in [-0.25, -0.2) is 0 Å². The summed E-state index contributed by atoms with van der Waals surface area (Å²) < 4.78 is 29.0. The Hall–Kier alpha value is -1.32. The molecule has 0 spiro atoms. The Morgan fingerprint density at radius 1 is 1.00 bits per heavy atom. The molecule has 8 heteroatoms. The summed E-state index contributed by atoms with van der Waals surface area (Å²) in [6.45, 7) is 0. The van der Waals surface area contributed by atoms with Crippen LogP contribution in [0, 0.1) is 0 Å². The third-order valence-electron chi connectivity index (χ3n) is 1.24. The molecule has 7 nitrogen and oxygen atoms in total. The molecule has 0 bridgehead atoms. The molecule has 1 aromatic rings. The van der Waals surface area contributed by atoms with E-state index in [9.17, 15) is 13.2 Å². The summed E-state index contributed by atoms with van der Waals surface area (Å²) in [4.78, 5) is 10.8. The van der Waals surface area contributed by atoms with E-state index in [1.165, 1.54) is 24.3 Å². The Balaban J connectivity index is -0.000000480. The van der Waals surface area contributed by atoms with E-state index in [-0.39, 0.29) is 22.0 Å². The van der Waals surface area contributed by atoms with Crippen LogP contribution in [0.25, 0.3) is 0 Å². The van der Waals surface area contributed by atoms with E-state index in [1.54, 1.807) is 6.07 Å². The van der Waals surface area contributed by atoms with Crippen LogP contribution in [0.1, 0.15) is 10.4 Å². The van der Waals surface area contributed by atoms with Gasteiger partial charge in [0.15, 0.2) is 0 Å². The average Bonchev–Trinajstić information content (AvgIpc) is 2.03. The van der Waals surface area contributed by atoms with Crippen molar-refractivity contribution in [1.82, 2.24) is 0 Å². The van der Waals surface area contributed by atoms with E-state index >= 15 is 0 Å². The summed E-state index contributed by atoms with van der Waals surface area (Å²) >= 11 is 0. The predicted molar refractivity (Wildman–Crippen MR) is 53.2 cm³/mol. The normalized spacial score (nSPS) is 8.87. The number of hydrogen-bond donors (Lipinski definition) is 1. The van der Waals surface area contributed by atoms with Crippen LogP contribution in [0.2, 0.25) is 0 Å². The summed E-state index contributed by atoms with van der Waals surface area (Å²) in [5, 5.41) is -1.27. The van der Waals surface area contributed by atoms with Gasteiger partial charge in [0, 0.05) is 5.56 Å². The molecule has 0 unspecified atom stereocenters. The van der Waals surface area contributed by atoms with Gasteiger partial charge in [-0.3, -0.25) is 9.35 Å². The molecule has 0 saturated carbocycles. The Kier molecular flexibility index (Phi) is 9.04. The molecule has 0 heterocycles. The fraction of sp³-hybridized carbons (Fsp3) is 0. The quantitative estimate of drug-likeness (QED) is 0.574. The summed E-state index contributed by atoms with van der Waals surface area (Å²) in [6.07, 6.45) is 0. The minimum Gasteiger partial charge on any atom is -0.412 e. The van der Waals surface area contributed by atoms with E-state index in [0.29, 0.717) is 0 Å². The third kappa shape index (κ3) is 5.20. The molecule has 0 aliphatic heterocycles. The molecule has 0 aromatic heterocycles. The fourth-order valence-electron chi connectivity index (χ4n) is 0.723. The maximum Gasteiger partial charge on any atom is 0.333 e. The molecule has 0 amide bonds. The first-order chi connectivity index (χ1) is 5.52. The van der Waals surface area contributed by atoms with Crippen molar-refractivity contribution in [3.05, 3.63) is 35.9 Å². The molecule has 0 aliphatic carbocycles. The Morgan fingerprint density at radius 3 is 1.73 bits per heavy atom. The fourth-order valence-corrected chi connectivity index (χ4v) is 1.16. The van der Waals surface area contributed by atoms with Crippen molar-refractivity contribution in [2.75, 3.05) is 0 Å². The molecular weight excluding hydrogens is 228 g/mol. The van der Waals surface area contributed by atoms with Crippen LogP contribution < -0.4 is 0 Å². The second-order valence-corrected chi connectivity index (χ2v) is 3.45. The maximum atomic E-state index is 10.8. The van der Waals surface area contributed by atoms with E-state index in [4.69, 9.17) is 4.55 Å². The molecule has 1 rings (SSSR count). The minimum absolute atomic E-state index is 0. The van der Waals surface area contributed by atoms with Crippen LogP contribution in [0.15, 0.2) is 30.3 Å². The van der Waals surface area contributed by atoms with Gasteiger partial charge < -0.3 is 16.4 Å². The lowest BCUT2D eigenvalue weighted by Gasteiger charge is -1.94. The lowest BCUT2D eigenvalue weighted by atomic mass is 10.2. The molecule has 7 N–H and O–H groups in total. The summed E-state index contributed by atoms with van der Waals surface area (Å²) in [7, 11) is -4.59. The van der Waals surface area contributed by atoms with Gasteiger partial charge in [-0.1, -0.05) is 30.3 Å². The van der Waals surface area contributed by atoms with Crippen LogP contribution in [0.4, 0.5) is 0 Å². The molecule has 0 saturated heterocycles. The summed E-state index contributed by atoms with van der Waals surface area (Å²) in [5.74, 6) is 0. The van der Waals surface area contributed by atoms with Crippen molar-refractivity contribution in [2.24, 2.45) is 0 Å². The van der Waals surface area contributed by atoms with Crippen LogP contribution in [0.3, 0.4) is 0 Å². The average molecular weight is 240 g/mol. The van der Waals surface area contributed by atoms with Crippen molar-refractivity contribution in [3.8, 4) is 0 Å². The smallest absolute Gasteiger partial charge is 0.333 e. The largest absolute Gasteiger partial charge is 0.412 e. The third-order valence-corrected chi connectivity index (χ3v) is 1.95. The van der Waals surface area contributed by atoms with Crippen molar-refractivity contribution in [2.45, 2.75) is 0 Å². The summed E-state index contributed by atoms with van der Waals surface area (Å²) in [5.41, 5.74) is -0.0417. The van der Waals surface area contributed by atoms with E-state index in [0.717, 1.165) is 0 Å². The Labute approximate surface area is 86.0 Å². The van der Waals surface area contributed by atoms with Gasteiger partial charge >= 0.3 is 15.2 Å². The number of carbonyl (C=O) groups is 1.